The van der Waals surface area contributed by atoms with Gasteiger partial charge in [-0.2, -0.15) is 17.6 Å². The van der Waals surface area contributed by atoms with Crippen LogP contribution in [0.5, 0.6) is 0 Å². The van der Waals surface area contributed by atoms with Gasteiger partial charge in [0.25, 0.3) is 6.43 Å². The van der Waals surface area contributed by atoms with E-state index in [0.717, 1.165) is 0 Å². The van der Waals surface area contributed by atoms with E-state index in [1.165, 1.54) is 6.92 Å². The number of pyridine rings is 1. The van der Waals surface area contributed by atoms with E-state index in [1.807, 2.05) is 0 Å². The summed E-state index contributed by atoms with van der Waals surface area (Å²) >= 11 is 0. The van der Waals surface area contributed by atoms with Crippen LogP contribution in [0.15, 0.2) is 6.20 Å². The highest BCUT2D eigenvalue weighted by Crippen LogP contribution is 2.38. The average Bonchev–Trinajstić information content (AvgIpc) is 2.26. The number of ether oxygens (including phenoxy) is 1. The van der Waals surface area contributed by atoms with Crippen molar-refractivity contribution in [1.29, 1.82) is 0 Å². The number of carbonyl (C=O) groups is 1. The number of hydrogen-bond donors (Lipinski definition) is 0. The highest BCUT2D eigenvalue weighted by atomic mass is 19.4. The maximum atomic E-state index is 13.2. The van der Waals surface area contributed by atoms with Gasteiger partial charge >= 0.3 is 12.1 Å². The van der Waals surface area contributed by atoms with E-state index in [1.54, 1.807) is 0 Å². The molecule has 0 aliphatic heterocycles. The Labute approximate surface area is 103 Å². The number of halogens is 6. The van der Waals surface area contributed by atoms with E-state index in [2.05, 4.69) is 9.72 Å². The van der Waals surface area contributed by atoms with Crippen LogP contribution < -0.4 is 0 Å². The number of nitrogens with zero attached hydrogens (tertiary/aromatic N) is 1. The first-order valence-electron chi connectivity index (χ1n) is 4.91. The zero-order chi connectivity index (χ0) is 14.8. The molecule has 1 aromatic rings. The summed E-state index contributed by atoms with van der Waals surface area (Å²) in [4.78, 5) is 13.9. The van der Waals surface area contributed by atoms with Crippen LogP contribution >= 0.6 is 0 Å². The van der Waals surface area contributed by atoms with Gasteiger partial charge in [0.2, 0.25) is 5.95 Å². The molecule has 0 N–H and O–H groups in total. The molecule has 9 heteroatoms. The van der Waals surface area contributed by atoms with Crippen LogP contribution in [0, 0.1) is 5.95 Å². The summed E-state index contributed by atoms with van der Waals surface area (Å²) in [6, 6.07) is 0. The molecule has 0 spiro atoms. The summed E-state index contributed by atoms with van der Waals surface area (Å²) in [5, 5.41) is 0. The van der Waals surface area contributed by atoms with E-state index in [4.69, 9.17) is 0 Å². The van der Waals surface area contributed by atoms with Crippen molar-refractivity contribution in [2.24, 2.45) is 0 Å². The van der Waals surface area contributed by atoms with Gasteiger partial charge in [-0.1, -0.05) is 0 Å². The molecule has 106 valence electrons. The normalized spacial score (nSPS) is 11.8. The summed E-state index contributed by atoms with van der Waals surface area (Å²) in [5.41, 5.74) is -5.13. The molecule has 1 heterocycles. The Morgan fingerprint density at radius 2 is 2.00 bits per heavy atom. The van der Waals surface area contributed by atoms with Crippen LogP contribution in [0.4, 0.5) is 26.3 Å². The molecule has 0 radical (unpaired) electrons. The van der Waals surface area contributed by atoms with Gasteiger partial charge in [-0.15, -0.1) is 0 Å². The Morgan fingerprint density at radius 3 is 2.42 bits per heavy atom. The molecule has 0 bridgehead atoms. The van der Waals surface area contributed by atoms with Crippen LogP contribution in [0.25, 0.3) is 0 Å². The van der Waals surface area contributed by atoms with Crippen molar-refractivity contribution in [1.82, 2.24) is 4.98 Å². The molecule has 0 unspecified atom stereocenters. The second kappa shape index (κ2) is 5.45. The van der Waals surface area contributed by atoms with Crippen molar-refractivity contribution in [2.75, 3.05) is 6.61 Å². The molecule has 0 saturated heterocycles. The molecule has 1 aromatic heterocycles. The molecular weight excluding hydrogens is 280 g/mol. The van der Waals surface area contributed by atoms with E-state index in [0.29, 0.717) is 0 Å². The van der Waals surface area contributed by atoms with Gasteiger partial charge in [-0.05, 0) is 6.92 Å². The quantitative estimate of drug-likeness (QED) is 0.486. The fourth-order valence-electron chi connectivity index (χ4n) is 1.35. The van der Waals surface area contributed by atoms with Crippen molar-refractivity contribution in [2.45, 2.75) is 19.5 Å². The van der Waals surface area contributed by atoms with Crippen molar-refractivity contribution < 1.29 is 35.9 Å². The minimum absolute atomic E-state index is 0.0838. The van der Waals surface area contributed by atoms with E-state index >= 15 is 0 Å². The predicted molar refractivity (Wildman–Crippen MR) is 50.1 cm³/mol. The van der Waals surface area contributed by atoms with Crippen LogP contribution in [0.2, 0.25) is 0 Å². The van der Waals surface area contributed by atoms with Gasteiger partial charge in [0.1, 0.15) is 5.56 Å². The van der Waals surface area contributed by atoms with Crippen molar-refractivity contribution in [3.8, 4) is 0 Å². The average molecular weight is 287 g/mol. The molecule has 0 amide bonds. The topological polar surface area (TPSA) is 39.2 Å². The third kappa shape index (κ3) is 3.15. The molecule has 0 fully saturated rings. The molecular formula is C10H7F6NO2. The first kappa shape index (κ1) is 15.3. The molecule has 0 saturated carbocycles. The van der Waals surface area contributed by atoms with Gasteiger partial charge in [0, 0.05) is 6.20 Å². The number of esters is 1. The van der Waals surface area contributed by atoms with Crippen LogP contribution in [0.3, 0.4) is 0 Å². The Morgan fingerprint density at radius 1 is 1.42 bits per heavy atom. The highest BCUT2D eigenvalue weighted by molar-refractivity contribution is 5.91. The second-order valence-electron chi connectivity index (χ2n) is 3.27. The van der Waals surface area contributed by atoms with E-state index < -0.39 is 41.2 Å². The summed E-state index contributed by atoms with van der Waals surface area (Å²) in [7, 11) is 0. The number of carbonyl (C=O) groups excluding carboxylic acids is 1. The smallest absolute Gasteiger partial charge is 0.418 e. The summed E-state index contributed by atoms with van der Waals surface area (Å²) < 4.78 is 80.4. The lowest BCUT2D eigenvalue weighted by molar-refractivity contribution is -0.139. The largest absolute Gasteiger partial charge is 0.462 e. The third-order valence-corrected chi connectivity index (χ3v) is 2.08. The first-order valence-corrected chi connectivity index (χ1v) is 4.91. The molecule has 0 atom stereocenters. The molecule has 3 nitrogen and oxygen atoms in total. The van der Waals surface area contributed by atoms with Gasteiger partial charge in [0.05, 0.1) is 17.7 Å². The molecule has 0 aliphatic rings. The molecule has 19 heavy (non-hydrogen) atoms. The number of rotatable bonds is 3. The standard InChI is InChI=1S/C10H7F6NO2/c1-2-19-9(18)6-5(7(11)12)4(10(14,15)16)3-17-8(6)13/h3,7H,2H2,1H3. The Balaban J connectivity index is 3.56. The lowest BCUT2D eigenvalue weighted by Crippen LogP contribution is -2.19. The van der Waals surface area contributed by atoms with Crippen LogP contribution in [-0.4, -0.2) is 17.6 Å². The van der Waals surface area contributed by atoms with E-state index in [9.17, 15) is 31.1 Å². The van der Waals surface area contributed by atoms with Gasteiger partial charge in [0.15, 0.2) is 0 Å². The number of aromatic nitrogens is 1. The van der Waals surface area contributed by atoms with Crippen molar-refractivity contribution in [3.05, 3.63) is 28.8 Å². The highest BCUT2D eigenvalue weighted by Gasteiger charge is 2.40. The molecule has 0 aromatic carbocycles. The zero-order valence-electron chi connectivity index (χ0n) is 9.39. The minimum atomic E-state index is -5.19. The van der Waals surface area contributed by atoms with Crippen molar-refractivity contribution >= 4 is 5.97 Å². The fraction of sp³-hybridized carbons (Fsp3) is 0.400. The van der Waals surface area contributed by atoms with Crippen LogP contribution in [0.1, 0.15) is 34.8 Å². The number of alkyl halides is 5. The molecule has 0 aliphatic carbocycles. The lowest BCUT2D eigenvalue weighted by Gasteiger charge is -2.15. The van der Waals surface area contributed by atoms with Gasteiger partial charge in [-0.25, -0.2) is 18.6 Å². The monoisotopic (exact) mass is 287 g/mol. The van der Waals surface area contributed by atoms with Gasteiger partial charge < -0.3 is 4.74 Å². The Bertz CT molecular complexity index is 486. The zero-order valence-corrected chi connectivity index (χ0v) is 9.39. The third-order valence-electron chi connectivity index (χ3n) is 2.08. The minimum Gasteiger partial charge on any atom is -0.462 e. The fourth-order valence-corrected chi connectivity index (χ4v) is 1.35. The van der Waals surface area contributed by atoms with Crippen molar-refractivity contribution in [3.63, 3.8) is 0 Å². The maximum Gasteiger partial charge on any atom is 0.418 e. The predicted octanol–water partition coefficient (Wildman–Crippen LogP) is 3.35. The summed E-state index contributed by atoms with van der Waals surface area (Å²) in [5.74, 6) is -3.35. The maximum absolute atomic E-state index is 13.2. The Hall–Kier alpha value is -1.80. The second-order valence-corrected chi connectivity index (χ2v) is 3.27. The summed E-state index contributed by atoms with van der Waals surface area (Å²) in [6.45, 7) is 0.982. The molecule has 1 rings (SSSR count). The van der Waals surface area contributed by atoms with Gasteiger partial charge in [-0.3, -0.25) is 0 Å². The van der Waals surface area contributed by atoms with Crippen LogP contribution in [-0.2, 0) is 10.9 Å². The Kier molecular flexibility index (Phi) is 4.38. The number of hydrogen-bond acceptors (Lipinski definition) is 3. The lowest BCUT2D eigenvalue weighted by atomic mass is 10.0. The van der Waals surface area contributed by atoms with E-state index in [-0.39, 0.29) is 12.8 Å². The SMILES string of the molecule is CCOC(=O)c1c(F)ncc(C(F)(F)F)c1C(F)F. The first-order chi connectivity index (χ1) is 8.70. The summed E-state index contributed by atoms with van der Waals surface area (Å²) in [6.07, 6.45) is -8.97.